The van der Waals surface area contributed by atoms with Crippen LogP contribution in [0.25, 0.3) is 89.5 Å². The molecule has 9 rings (SSSR count). The molecule has 0 aliphatic heterocycles. The molecule has 2 heterocycles. The van der Waals surface area contributed by atoms with E-state index in [4.69, 9.17) is 19.4 Å². The van der Waals surface area contributed by atoms with Gasteiger partial charge in [-0.15, -0.1) is 16.4 Å². The lowest BCUT2D eigenvalue weighted by Gasteiger charge is -2.20. The Morgan fingerprint density at radius 1 is 0.315 bits per heavy atom. The van der Waals surface area contributed by atoms with Gasteiger partial charge in [-0.1, -0.05) is 126 Å². The van der Waals surface area contributed by atoms with E-state index in [1.807, 2.05) is 72.8 Å². The summed E-state index contributed by atoms with van der Waals surface area (Å²) in [6.45, 7) is 0. The molecule has 0 atom stereocenters. The molecule has 7 aromatic carbocycles. The van der Waals surface area contributed by atoms with Gasteiger partial charge in [-0.25, -0.2) is 15.0 Å². The van der Waals surface area contributed by atoms with Gasteiger partial charge in [0.15, 0.2) is 17.5 Å². The Kier molecular flexibility index (Phi) is 8.43. The van der Waals surface area contributed by atoms with Gasteiger partial charge in [0.2, 0.25) is 0 Å². The SMILES string of the molecule is Bc1c(B)c(B)c(-c2ccc(-c3ccc(-c4ccc5oc6ccc(-c7nc(-c8ccccc8)nc(-c8ccccc8)n7)cc6c5c4)cc3)cc2)c(B)c1B. The van der Waals surface area contributed by atoms with Crippen molar-refractivity contribution in [2.24, 2.45) is 0 Å². The standard InChI is InChI=1S/C45H34B5N3O/c46-38-37(39(47)41(49)42(50)40(38)48)28-17-15-26(16-18-28)25-11-13-27(14-12-25)31-19-21-35-33(23-31)34-24-32(20-22-36(34)54-35)45-52-43(29-7-3-1-4-8-29)51-44(53-45)30-9-5-2-6-10-30/h1-24H,46-50H2. The molecular weight excluding hydrogens is 653 g/mol. The molecule has 0 N–H and O–H groups in total. The highest BCUT2D eigenvalue weighted by Crippen LogP contribution is 2.36. The predicted molar refractivity (Wildman–Crippen MR) is 241 cm³/mol. The first-order chi connectivity index (χ1) is 26.3. The zero-order valence-electron chi connectivity index (χ0n) is 31.1. The van der Waals surface area contributed by atoms with Crippen LogP contribution >= 0.6 is 0 Å². The average Bonchev–Trinajstić information content (AvgIpc) is 3.60. The Morgan fingerprint density at radius 2 is 0.667 bits per heavy atom. The normalized spacial score (nSPS) is 11.3. The van der Waals surface area contributed by atoms with Crippen LogP contribution in [0.3, 0.4) is 0 Å². The molecule has 0 bridgehead atoms. The van der Waals surface area contributed by atoms with Crippen LogP contribution in [-0.4, -0.2) is 54.2 Å². The van der Waals surface area contributed by atoms with Gasteiger partial charge in [0.1, 0.15) is 50.4 Å². The average molecular weight is 687 g/mol. The molecule has 4 nitrogen and oxygen atoms in total. The third kappa shape index (κ3) is 5.96. The Balaban J connectivity index is 1.05. The molecule has 0 spiro atoms. The van der Waals surface area contributed by atoms with Crippen molar-refractivity contribution in [3.8, 4) is 67.5 Å². The summed E-state index contributed by atoms with van der Waals surface area (Å²) in [5.74, 6) is 1.90. The van der Waals surface area contributed by atoms with Gasteiger partial charge >= 0.3 is 0 Å². The van der Waals surface area contributed by atoms with Gasteiger partial charge in [-0.3, -0.25) is 0 Å². The van der Waals surface area contributed by atoms with Crippen LogP contribution in [0.4, 0.5) is 0 Å². The monoisotopic (exact) mass is 687 g/mol. The van der Waals surface area contributed by atoms with Crippen molar-refractivity contribution in [1.82, 2.24) is 15.0 Å². The molecule has 0 amide bonds. The Bertz CT molecular complexity index is 2770. The van der Waals surface area contributed by atoms with Crippen LogP contribution in [0.2, 0.25) is 0 Å². The third-order valence-electron chi connectivity index (χ3n) is 11.2. The summed E-state index contributed by atoms with van der Waals surface area (Å²) >= 11 is 0. The van der Waals surface area contributed by atoms with Crippen LogP contribution in [0.15, 0.2) is 150 Å². The second kappa shape index (κ2) is 13.6. The summed E-state index contributed by atoms with van der Waals surface area (Å²) in [6, 6.07) is 50.6. The van der Waals surface area contributed by atoms with Crippen LogP contribution in [-0.2, 0) is 0 Å². The van der Waals surface area contributed by atoms with Gasteiger partial charge in [0.25, 0.3) is 0 Å². The van der Waals surface area contributed by atoms with Crippen molar-refractivity contribution in [2.45, 2.75) is 0 Å². The summed E-state index contributed by atoms with van der Waals surface area (Å²) in [5, 5.41) is 2.07. The number of fused-ring (bicyclic) bond motifs is 3. The number of furan rings is 1. The van der Waals surface area contributed by atoms with E-state index in [2.05, 4.69) is 112 Å². The fourth-order valence-electron chi connectivity index (χ4n) is 7.65. The highest BCUT2D eigenvalue weighted by molar-refractivity contribution is 6.68. The molecule has 0 aliphatic rings. The molecule has 0 fully saturated rings. The van der Waals surface area contributed by atoms with E-state index in [9.17, 15) is 0 Å². The van der Waals surface area contributed by atoms with Gasteiger partial charge in [0, 0.05) is 27.5 Å². The van der Waals surface area contributed by atoms with E-state index in [0.29, 0.717) is 17.5 Å². The van der Waals surface area contributed by atoms with E-state index >= 15 is 0 Å². The van der Waals surface area contributed by atoms with Crippen LogP contribution in [0, 0.1) is 0 Å². The smallest absolute Gasteiger partial charge is 0.164 e. The lowest BCUT2D eigenvalue weighted by Crippen LogP contribution is -2.55. The zero-order chi connectivity index (χ0) is 36.9. The summed E-state index contributed by atoms with van der Waals surface area (Å²) in [5.41, 5.74) is 18.6. The number of benzene rings is 7. The Hall–Kier alpha value is -6.33. The molecular formula is C45H34B5N3O. The minimum atomic E-state index is 0.619. The second-order valence-corrected chi connectivity index (χ2v) is 14.2. The van der Waals surface area contributed by atoms with E-state index in [0.717, 1.165) is 49.8 Å². The van der Waals surface area contributed by atoms with Crippen LogP contribution in [0.1, 0.15) is 0 Å². The molecule has 0 saturated heterocycles. The molecule has 9 heteroatoms. The molecule has 9 aromatic rings. The fourth-order valence-corrected chi connectivity index (χ4v) is 7.65. The van der Waals surface area contributed by atoms with Gasteiger partial charge < -0.3 is 4.42 Å². The number of hydrogen-bond acceptors (Lipinski definition) is 4. The summed E-state index contributed by atoms with van der Waals surface area (Å²) in [6.07, 6.45) is 0. The predicted octanol–water partition coefficient (Wildman–Crippen LogP) is 3.07. The molecule has 0 radical (unpaired) electrons. The topological polar surface area (TPSA) is 51.8 Å². The Morgan fingerprint density at radius 3 is 1.15 bits per heavy atom. The highest BCUT2D eigenvalue weighted by Gasteiger charge is 2.16. The van der Waals surface area contributed by atoms with Crippen molar-refractivity contribution in [3.05, 3.63) is 146 Å². The van der Waals surface area contributed by atoms with E-state index in [1.54, 1.807) is 0 Å². The van der Waals surface area contributed by atoms with Crippen LogP contribution in [0.5, 0.6) is 0 Å². The molecule has 2 aromatic heterocycles. The first-order valence-corrected chi connectivity index (χ1v) is 18.4. The molecule has 0 aliphatic carbocycles. The third-order valence-corrected chi connectivity index (χ3v) is 11.2. The fraction of sp³-hybridized carbons (Fsp3) is 0. The maximum atomic E-state index is 6.32. The summed E-state index contributed by atoms with van der Waals surface area (Å²) in [4.78, 5) is 14.8. The first kappa shape index (κ1) is 33.5. The number of rotatable bonds is 6. The van der Waals surface area contributed by atoms with Crippen molar-refractivity contribution < 1.29 is 4.42 Å². The lowest BCUT2D eigenvalue weighted by atomic mass is 9.59. The van der Waals surface area contributed by atoms with Crippen molar-refractivity contribution in [2.75, 3.05) is 0 Å². The van der Waals surface area contributed by atoms with Gasteiger partial charge in [-0.05, 0) is 63.7 Å². The van der Waals surface area contributed by atoms with E-state index < -0.39 is 0 Å². The largest absolute Gasteiger partial charge is 0.456 e. The molecule has 250 valence electrons. The number of hydrogen-bond donors (Lipinski definition) is 0. The Labute approximate surface area is 319 Å². The maximum Gasteiger partial charge on any atom is 0.164 e. The summed E-state index contributed by atoms with van der Waals surface area (Å²) in [7, 11) is 11.2. The van der Waals surface area contributed by atoms with Crippen LogP contribution < -0.4 is 27.3 Å². The first-order valence-electron chi connectivity index (χ1n) is 18.4. The zero-order valence-corrected chi connectivity index (χ0v) is 31.1. The second-order valence-electron chi connectivity index (χ2n) is 14.2. The van der Waals surface area contributed by atoms with Gasteiger partial charge in [-0.2, -0.15) is 0 Å². The van der Waals surface area contributed by atoms with Crippen molar-refractivity contribution >= 4 is 88.5 Å². The highest BCUT2D eigenvalue weighted by atomic mass is 16.3. The minimum Gasteiger partial charge on any atom is -0.456 e. The van der Waals surface area contributed by atoms with Crippen molar-refractivity contribution in [1.29, 1.82) is 0 Å². The molecule has 0 saturated carbocycles. The number of nitrogens with zero attached hydrogens (tertiary/aromatic N) is 3. The molecule has 54 heavy (non-hydrogen) atoms. The van der Waals surface area contributed by atoms with Crippen molar-refractivity contribution in [3.63, 3.8) is 0 Å². The number of aromatic nitrogens is 3. The lowest BCUT2D eigenvalue weighted by molar-refractivity contribution is 0.669. The quantitative estimate of drug-likeness (QED) is 0.253. The van der Waals surface area contributed by atoms with Gasteiger partial charge in [0.05, 0.1) is 0 Å². The maximum absolute atomic E-state index is 6.32. The minimum absolute atomic E-state index is 0.619. The summed E-state index contributed by atoms with van der Waals surface area (Å²) < 4.78 is 6.32. The van der Waals surface area contributed by atoms with E-state index in [-0.39, 0.29) is 0 Å². The molecule has 0 unspecified atom stereocenters. The van der Waals surface area contributed by atoms with E-state index in [1.165, 1.54) is 49.6 Å².